The molecule has 8 heteroatoms. The van der Waals surface area contributed by atoms with Gasteiger partial charge >= 0.3 is 0 Å². The summed E-state index contributed by atoms with van der Waals surface area (Å²) in [6, 6.07) is 14.0. The molecule has 0 aliphatic rings. The van der Waals surface area contributed by atoms with Crippen molar-refractivity contribution in [2.45, 2.75) is 25.8 Å². The number of carbonyl (C=O) groups is 2. The van der Waals surface area contributed by atoms with Crippen LogP contribution in [0.25, 0.3) is 10.9 Å². The number of amides is 2. The smallest absolute Gasteiger partial charge is 0.261 e. The number of rotatable bonds is 6. The van der Waals surface area contributed by atoms with Crippen molar-refractivity contribution in [2.24, 2.45) is 0 Å². The summed E-state index contributed by atoms with van der Waals surface area (Å²) in [6.07, 6.45) is 2.23. The molecule has 144 valence electrons. The van der Waals surface area contributed by atoms with Crippen LogP contribution in [0.3, 0.4) is 0 Å². The van der Waals surface area contributed by atoms with Crippen molar-refractivity contribution in [1.82, 2.24) is 20.4 Å². The minimum absolute atomic E-state index is 0.135. The van der Waals surface area contributed by atoms with E-state index in [2.05, 4.69) is 15.8 Å². The van der Waals surface area contributed by atoms with Gasteiger partial charge in [0.1, 0.15) is 0 Å². The molecular weight excluding hydrogens is 380 g/mol. The van der Waals surface area contributed by atoms with Gasteiger partial charge in [0.15, 0.2) is 0 Å². The highest BCUT2D eigenvalue weighted by atomic mass is 35.5. The molecule has 7 nitrogen and oxygen atoms in total. The Morgan fingerprint density at radius 2 is 1.71 bits per heavy atom. The molecule has 2 aromatic carbocycles. The van der Waals surface area contributed by atoms with Crippen molar-refractivity contribution in [3.05, 3.63) is 75.8 Å². The van der Waals surface area contributed by atoms with Gasteiger partial charge in [-0.1, -0.05) is 35.9 Å². The summed E-state index contributed by atoms with van der Waals surface area (Å²) < 4.78 is 1.48. The first kappa shape index (κ1) is 19.6. The zero-order chi connectivity index (χ0) is 19.9. The highest BCUT2D eigenvalue weighted by Gasteiger charge is 2.07. The van der Waals surface area contributed by atoms with Crippen molar-refractivity contribution in [3.63, 3.8) is 0 Å². The van der Waals surface area contributed by atoms with E-state index in [-0.39, 0.29) is 30.2 Å². The number of para-hydroxylation sites is 1. The molecule has 0 atom stereocenters. The maximum atomic E-state index is 12.4. The minimum atomic E-state index is -0.328. The number of nitrogens with one attached hydrogen (secondary N) is 2. The van der Waals surface area contributed by atoms with E-state index in [4.69, 9.17) is 11.6 Å². The van der Waals surface area contributed by atoms with Crippen LogP contribution in [-0.4, -0.2) is 21.4 Å². The molecule has 28 heavy (non-hydrogen) atoms. The maximum absolute atomic E-state index is 12.4. The summed E-state index contributed by atoms with van der Waals surface area (Å²) in [5, 5.41) is 1.14. The Kier molecular flexibility index (Phi) is 6.39. The molecule has 0 aliphatic carbocycles. The van der Waals surface area contributed by atoms with Gasteiger partial charge in [0.25, 0.3) is 5.56 Å². The normalized spacial score (nSPS) is 10.6. The molecule has 2 N–H and O–H groups in total. The largest absolute Gasteiger partial charge is 0.299 e. The minimum Gasteiger partial charge on any atom is -0.299 e. The van der Waals surface area contributed by atoms with Gasteiger partial charge in [-0.2, -0.15) is 0 Å². The summed E-state index contributed by atoms with van der Waals surface area (Å²) >= 11 is 5.80. The van der Waals surface area contributed by atoms with E-state index in [1.54, 1.807) is 42.5 Å². The third-order valence-corrected chi connectivity index (χ3v) is 4.41. The van der Waals surface area contributed by atoms with Crippen molar-refractivity contribution >= 4 is 34.3 Å². The lowest BCUT2D eigenvalue weighted by Crippen LogP contribution is -2.42. The molecule has 1 heterocycles. The fourth-order valence-electron chi connectivity index (χ4n) is 2.71. The van der Waals surface area contributed by atoms with Gasteiger partial charge in [-0.05, 0) is 36.2 Å². The van der Waals surface area contributed by atoms with Crippen molar-refractivity contribution in [2.75, 3.05) is 0 Å². The summed E-state index contributed by atoms with van der Waals surface area (Å²) in [6.45, 7) is 0.364. The van der Waals surface area contributed by atoms with Crippen LogP contribution >= 0.6 is 11.6 Å². The number of aromatic nitrogens is 2. The van der Waals surface area contributed by atoms with E-state index in [9.17, 15) is 14.4 Å². The van der Waals surface area contributed by atoms with Crippen LogP contribution in [0.1, 0.15) is 18.4 Å². The Morgan fingerprint density at radius 3 is 2.50 bits per heavy atom. The first-order chi connectivity index (χ1) is 13.5. The van der Waals surface area contributed by atoms with Crippen LogP contribution in [0.15, 0.2) is 59.7 Å². The Bertz CT molecular complexity index is 1050. The first-order valence-corrected chi connectivity index (χ1v) is 9.17. The van der Waals surface area contributed by atoms with Crippen molar-refractivity contribution in [3.8, 4) is 0 Å². The number of hydrogen-bond acceptors (Lipinski definition) is 4. The predicted octanol–water partition coefficient (Wildman–Crippen LogP) is 2.22. The third-order valence-electron chi connectivity index (χ3n) is 4.15. The van der Waals surface area contributed by atoms with E-state index < -0.39 is 0 Å². The average molecular weight is 399 g/mol. The number of nitrogens with zero attached hydrogens (tertiary/aromatic N) is 2. The predicted molar refractivity (Wildman–Crippen MR) is 107 cm³/mol. The number of hydrogen-bond donors (Lipinski definition) is 2. The van der Waals surface area contributed by atoms with Crippen LogP contribution in [0, 0.1) is 0 Å². The molecule has 0 saturated carbocycles. The molecule has 0 unspecified atom stereocenters. The van der Waals surface area contributed by atoms with Crippen molar-refractivity contribution in [1.29, 1.82) is 0 Å². The Morgan fingerprint density at radius 1 is 1.00 bits per heavy atom. The monoisotopic (exact) mass is 398 g/mol. The maximum Gasteiger partial charge on any atom is 0.261 e. The lowest BCUT2D eigenvalue weighted by atomic mass is 10.1. The summed E-state index contributed by atoms with van der Waals surface area (Å²) in [7, 11) is 0. The fraction of sp³-hybridized carbons (Fsp3) is 0.200. The van der Waals surface area contributed by atoms with E-state index in [1.165, 1.54) is 10.9 Å². The number of fused-ring (bicyclic) bond motifs is 1. The molecule has 3 rings (SSSR count). The molecule has 0 fully saturated rings. The molecule has 0 saturated heterocycles. The zero-order valence-corrected chi connectivity index (χ0v) is 15.8. The number of halogens is 1. The molecule has 0 bridgehead atoms. The first-order valence-electron chi connectivity index (χ1n) is 8.79. The number of aryl methyl sites for hydroxylation is 1. The second-order valence-electron chi connectivity index (χ2n) is 6.26. The van der Waals surface area contributed by atoms with Gasteiger partial charge in [0.05, 0.1) is 23.7 Å². The van der Waals surface area contributed by atoms with E-state index in [0.717, 1.165) is 5.56 Å². The van der Waals surface area contributed by atoms with Gasteiger partial charge in [-0.15, -0.1) is 0 Å². The summed E-state index contributed by atoms with van der Waals surface area (Å²) in [5.41, 5.74) is 6.05. The quantitative estimate of drug-likeness (QED) is 0.622. The molecule has 1 aromatic heterocycles. The molecular formula is C20H19ClN4O3. The van der Waals surface area contributed by atoms with Crippen LogP contribution in [0.5, 0.6) is 0 Å². The average Bonchev–Trinajstić information content (AvgIpc) is 2.70. The molecule has 0 radical (unpaired) electrons. The Hall–Kier alpha value is -3.19. The van der Waals surface area contributed by atoms with Crippen LogP contribution in [0.4, 0.5) is 0 Å². The van der Waals surface area contributed by atoms with Gasteiger partial charge in [-0.25, -0.2) is 4.98 Å². The fourth-order valence-corrected chi connectivity index (χ4v) is 2.84. The summed E-state index contributed by atoms with van der Waals surface area (Å²) in [5.74, 6) is -0.656. The third kappa shape index (κ3) is 5.17. The highest BCUT2D eigenvalue weighted by Crippen LogP contribution is 2.09. The lowest BCUT2D eigenvalue weighted by molar-refractivity contribution is -0.128. The number of benzene rings is 2. The molecule has 2 amide bonds. The van der Waals surface area contributed by atoms with Crippen LogP contribution in [-0.2, 0) is 22.6 Å². The zero-order valence-electron chi connectivity index (χ0n) is 15.0. The van der Waals surface area contributed by atoms with Crippen LogP contribution < -0.4 is 16.4 Å². The Labute approximate surface area is 166 Å². The molecule has 0 aliphatic heterocycles. The lowest BCUT2D eigenvalue weighted by Gasteiger charge is -2.09. The number of hydrazine groups is 1. The molecule has 0 spiro atoms. The van der Waals surface area contributed by atoms with Crippen LogP contribution in [0.2, 0.25) is 5.02 Å². The topological polar surface area (TPSA) is 93.1 Å². The molecule has 3 aromatic rings. The second-order valence-corrected chi connectivity index (χ2v) is 6.70. The standard InChI is InChI=1S/C20H19ClN4O3/c21-15-9-7-14(8-10-15)12-19(27)24-23-18(26)6-3-11-25-13-22-17-5-2-1-4-16(17)20(25)28/h1-2,4-5,7-10,13H,3,6,11-12H2,(H,23,26)(H,24,27). The Balaban J connectivity index is 1.43. The van der Waals surface area contributed by atoms with Gasteiger partial charge in [0.2, 0.25) is 11.8 Å². The second kappa shape index (κ2) is 9.14. The van der Waals surface area contributed by atoms with E-state index in [1.807, 2.05) is 6.07 Å². The summed E-state index contributed by atoms with van der Waals surface area (Å²) in [4.78, 5) is 40.4. The number of carbonyl (C=O) groups excluding carboxylic acids is 2. The highest BCUT2D eigenvalue weighted by molar-refractivity contribution is 6.30. The van der Waals surface area contributed by atoms with Gasteiger partial charge in [-0.3, -0.25) is 29.8 Å². The van der Waals surface area contributed by atoms with Gasteiger partial charge < -0.3 is 0 Å². The van der Waals surface area contributed by atoms with E-state index in [0.29, 0.717) is 28.9 Å². The SMILES string of the molecule is O=C(CCCn1cnc2ccccc2c1=O)NNC(=O)Cc1ccc(Cl)cc1. The van der Waals surface area contributed by atoms with Gasteiger partial charge in [0, 0.05) is 18.0 Å². The van der Waals surface area contributed by atoms with Crippen molar-refractivity contribution < 1.29 is 9.59 Å². The van der Waals surface area contributed by atoms with E-state index >= 15 is 0 Å².